The van der Waals surface area contributed by atoms with E-state index < -0.39 is 18.0 Å². The summed E-state index contributed by atoms with van der Waals surface area (Å²) in [6, 6.07) is 8.27. The molecular formula is C9H10N2O3. The van der Waals surface area contributed by atoms with Gasteiger partial charge in [-0.2, -0.15) is 0 Å². The van der Waals surface area contributed by atoms with Gasteiger partial charge in [0.1, 0.15) is 0 Å². The Morgan fingerprint density at radius 1 is 1.29 bits per heavy atom. The van der Waals surface area contributed by atoms with Crippen molar-refractivity contribution in [2.45, 2.75) is 6.17 Å². The van der Waals surface area contributed by atoms with E-state index in [-0.39, 0.29) is 0 Å². The van der Waals surface area contributed by atoms with Gasteiger partial charge in [0.2, 0.25) is 0 Å². The number of nitrogens with one attached hydrogen (secondary N) is 1. The highest BCUT2D eigenvalue weighted by Crippen LogP contribution is 1.97. The lowest BCUT2D eigenvalue weighted by Gasteiger charge is -2.08. The number of rotatable bonds is 3. The summed E-state index contributed by atoms with van der Waals surface area (Å²) in [4.78, 5) is 21.6. The highest BCUT2D eigenvalue weighted by Gasteiger charge is 2.14. The van der Waals surface area contributed by atoms with E-state index in [1.54, 1.807) is 30.3 Å². The first kappa shape index (κ1) is 10.2. The molecule has 5 heteroatoms. The molecule has 0 aliphatic carbocycles. The third-order valence-electron chi connectivity index (χ3n) is 1.59. The summed E-state index contributed by atoms with van der Waals surface area (Å²) in [6.07, 6.45) is -1.37. The Morgan fingerprint density at radius 3 is 2.36 bits per heavy atom. The Morgan fingerprint density at radius 2 is 1.86 bits per heavy atom. The van der Waals surface area contributed by atoms with E-state index in [2.05, 4.69) is 5.32 Å². The zero-order chi connectivity index (χ0) is 10.6. The van der Waals surface area contributed by atoms with E-state index in [0.717, 1.165) is 0 Å². The highest BCUT2D eigenvalue weighted by molar-refractivity contribution is 5.96. The van der Waals surface area contributed by atoms with Crippen molar-refractivity contribution in [1.82, 2.24) is 5.32 Å². The monoisotopic (exact) mass is 194 g/mol. The second kappa shape index (κ2) is 4.38. The SMILES string of the molecule is NC(NC(=O)c1ccccc1)C(=O)O. The number of carboxylic acid groups (broad SMARTS) is 1. The van der Waals surface area contributed by atoms with Crippen LogP contribution >= 0.6 is 0 Å². The largest absolute Gasteiger partial charge is 0.479 e. The van der Waals surface area contributed by atoms with Crippen LogP contribution < -0.4 is 11.1 Å². The zero-order valence-corrected chi connectivity index (χ0v) is 7.31. The molecule has 14 heavy (non-hydrogen) atoms. The molecule has 1 unspecified atom stereocenters. The number of amides is 1. The van der Waals surface area contributed by atoms with Gasteiger partial charge in [-0.25, -0.2) is 4.79 Å². The molecule has 0 fully saturated rings. The standard InChI is InChI=1S/C9H10N2O3/c10-7(9(13)14)11-8(12)6-4-2-1-3-5-6/h1-5,7H,10H2,(H,11,12)(H,13,14). The van der Waals surface area contributed by atoms with E-state index in [1.165, 1.54) is 0 Å². The van der Waals surface area contributed by atoms with E-state index in [9.17, 15) is 9.59 Å². The molecule has 1 aromatic carbocycles. The molecule has 5 nitrogen and oxygen atoms in total. The van der Waals surface area contributed by atoms with Gasteiger partial charge >= 0.3 is 5.97 Å². The quantitative estimate of drug-likeness (QED) is 0.580. The summed E-state index contributed by atoms with van der Waals surface area (Å²) in [5, 5.41) is 10.6. The van der Waals surface area contributed by atoms with Crippen LogP contribution in [0.3, 0.4) is 0 Å². The molecule has 1 rings (SSSR count). The van der Waals surface area contributed by atoms with Gasteiger partial charge in [0.15, 0.2) is 6.17 Å². The second-order valence-corrected chi connectivity index (χ2v) is 2.66. The number of carbonyl (C=O) groups excluding carboxylic acids is 1. The van der Waals surface area contributed by atoms with Gasteiger partial charge in [0, 0.05) is 5.56 Å². The van der Waals surface area contributed by atoms with Crippen molar-refractivity contribution in [3.63, 3.8) is 0 Å². The van der Waals surface area contributed by atoms with Crippen LogP contribution in [-0.2, 0) is 4.79 Å². The highest BCUT2D eigenvalue weighted by atomic mass is 16.4. The molecule has 0 saturated heterocycles. The fraction of sp³-hybridized carbons (Fsp3) is 0.111. The van der Waals surface area contributed by atoms with Crippen LogP contribution in [0.25, 0.3) is 0 Å². The average Bonchev–Trinajstić information content (AvgIpc) is 2.19. The van der Waals surface area contributed by atoms with Crippen LogP contribution in [0, 0.1) is 0 Å². The smallest absolute Gasteiger partial charge is 0.341 e. The third kappa shape index (κ3) is 2.56. The zero-order valence-electron chi connectivity index (χ0n) is 7.31. The van der Waals surface area contributed by atoms with Gasteiger partial charge in [-0.1, -0.05) is 18.2 Å². The number of hydrogen-bond donors (Lipinski definition) is 3. The molecule has 0 aliphatic heterocycles. The molecule has 1 aromatic rings. The Bertz CT molecular complexity index is 337. The van der Waals surface area contributed by atoms with Gasteiger partial charge in [-0.15, -0.1) is 0 Å². The molecule has 0 saturated carbocycles. The van der Waals surface area contributed by atoms with Crippen LogP contribution in [-0.4, -0.2) is 23.1 Å². The first-order chi connectivity index (χ1) is 6.61. The number of nitrogens with two attached hydrogens (primary N) is 1. The van der Waals surface area contributed by atoms with Gasteiger partial charge in [0.05, 0.1) is 0 Å². The maximum absolute atomic E-state index is 11.3. The molecule has 0 spiro atoms. The maximum Gasteiger partial charge on any atom is 0.341 e. The van der Waals surface area contributed by atoms with Crippen molar-refractivity contribution < 1.29 is 14.7 Å². The first-order valence-corrected chi connectivity index (χ1v) is 3.95. The van der Waals surface area contributed by atoms with E-state index >= 15 is 0 Å². The maximum atomic E-state index is 11.3. The van der Waals surface area contributed by atoms with Crippen LogP contribution in [0.5, 0.6) is 0 Å². The lowest BCUT2D eigenvalue weighted by atomic mass is 10.2. The van der Waals surface area contributed by atoms with Gasteiger partial charge in [0.25, 0.3) is 5.91 Å². The number of carbonyl (C=O) groups is 2. The Kier molecular flexibility index (Phi) is 3.19. The topological polar surface area (TPSA) is 92.4 Å². The van der Waals surface area contributed by atoms with Crippen molar-refractivity contribution >= 4 is 11.9 Å². The normalized spacial score (nSPS) is 11.8. The fourth-order valence-corrected chi connectivity index (χ4v) is 0.876. The predicted octanol–water partition coefficient (Wildman–Crippen LogP) is -0.214. The summed E-state index contributed by atoms with van der Waals surface area (Å²) in [5.74, 6) is -1.77. The van der Waals surface area contributed by atoms with Crippen LogP contribution in [0.1, 0.15) is 10.4 Å². The first-order valence-electron chi connectivity index (χ1n) is 3.95. The van der Waals surface area contributed by atoms with Crippen molar-refractivity contribution in [3.05, 3.63) is 35.9 Å². The van der Waals surface area contributed by atoms with Gasteiger partial charge in [-0.05, 0) is 12.1 Å². The fourth-order valence-electron chi connectivity index (χ4n) is 0.876. The lowest BCUT2D eigenvalue weighted by Crippen LogP contribution is -2.47. The Hall–Kier alpha value is -1.88. The second-order valence-electron chi connectivity index (χ2n) is 2.66. The molecule has 74 valence electrons. The molecule has 1 amide bonds. The summed E-state index contributed by atoms with van der Waals surface area (Å²) in [7, 11) is 0. The Balaban J connectivity index is 2.64. The van der Waals surface area contributed by atoms with Crippen LogP contribution in [0.15, 0.2) is 30.3 Å². The number of carboxylic acids is 1. The van der Waals surface area contributed by atoms with Crippen molar-refractivity contribution in [2.24, 2.45) is 5.73 Å². The van der Waals surface area contributed by atoms with E-state index in [1.807, 2.05) is 0 Å². The van der Waals surface area contributed by atoms with E-state index in [4.69, 9.17) is 10.8 Å². The minimum absolute atomic E-state index is 0.379. The van der Waals surface area contributed by atoms with Crippen molar-refractivity contribution in [3.8, 4) is 0 Å². The van der Waals surface area contributed by atoms with Gasteiger partial charge < -0.3 is 16.2 Å². The molecule has 0 radical (unpaired) electrons. The van der Waals surface area contributed by atoms with Crippen LogP contribution in [0.4, 0.5) is 0 Å². The predicted molar refractivity (Wildman–Crippen MR) is 49.5 cm³/mol. The summed E-state index contributed by atoms with van der Waals surface area (Å²) in [6.45, 7) is 0. The summed E-state index contributed by atoms with van der Waals surface area (Å²) >= 11 is 0. The summed E-state index contributed by atoms with van der Waals surface area (Å²) in [5.41, 5.74) is 5.50. The minimum atomic E-state index is -1.37. The van der Waals surface area contributed by atoms with Crippen LogP contribution in [0.2, 0.25) is 0 Å². The summed E-state index contributed by atoms with van der Waals surface area (Å²) < 4.78 is 0. The average molecular weight is 194 g/mol. The Labute approximate surface area is 80.5 Å². The molecule has 0 bridgehead atoms. The molecule has 0 aromatic heterocycles. The molecule has 0 heterocycles. The number of aliphatic carboxylic acids is 1. The van der Waals surface area contributed by atoms with Crippen molar-refractivity contribution in [1.29, 1.82) is 0 Å². The number of hydrogen-bond acceptors (Lipinski definition) is 3. The molecular weight excluding hydrogens is 184 g/mol. The molecule has 4 N–H and O–H groups in total. The molecule has 0 aliphatic rings. The van der Waals surface area contributed by atoms with Crippen molar-refractivity contribution in [2.75, 3.05) is 0 Å². The lowest BCUT2D eigenvalue weighted by molar-refractivity contribution is -0.139. The third-order valence-corrected chi connectivity index (χ3v) is 1.59. The molecule has 1 atom stereocenters. The van der Waals surface area contributed by atoms with E-state index in [0.29, 0.717) is 5.56 Å². The van der Waals surface area contributed by atoms with Gasteiger partial charge in [-0.3, -0.25) is 4.79 Å². The minimum Gasteiger partial charge on any atom is -0.479 e. The number of benzene rings is 1.